The molecule has 138 valence electrons. The lowest BCUT2D eigenvalue weighted by atomic mass is 9.74. The van der Waals surface area contributed by atoms with Gasteiger partial charge < -0.3 is 0 Å². The molecule has 0 unspecified atom stereocenters. The Labute approximate surface area is 163 Å². The molecular formula is C26H29N. The molecule has 0 aromatic heterocycles. The van der Waals surface area contributed by atoms with Gasteiger partial charge in [0, 0.05) is 0 Å². The van der Waals surface area contributed by atoms with E-state index < -0.39 is 0 Å². The van der Waals surface area contributed by atoms with E-state index >= 15 is 0 Å². The summed E-state index contributed by atoms with van der Waals surface area (Å²) in [6.07, 6.45) is 3.88. The van der Waals surface area contributed by atoms with E-state index in [2.05, 4.69) is 97.6 Å². The molecule has 1 nitrogen and oxygen atoms in total. The van der Waals surface area contributed by atoms with Crippen molar-refractivity contribution < 1.29 is 0 Å². The summed E-state index contributed by atoms with van der Waals surface area (Å²) in [6, 6.07) is 29.4. The van der Waals surface area contributed by atoms with Crippen LogP contribution in [-0.2, 0) is 5.54 Å². The fraction of sp³-hybridized carbons (Fsp3) is 0.308. The molecule has 0 bridgehead atoms. The molecule has 0 spiro atoms. The van der Waals surface area contributed by atoms with Gasteiger partial charge in [-0.15, -0.1) is 0 Å². The van der Waals surface area contributed by atoms with Gasteiger partial charge in [-0.25, -0.2) is 0 Å². The number of aryl methyl sites for hydroxylation is 2. The zero-order valence-electron chi connectivity index (χ0n) is 16.5. The molecule has 1 heterocycles. The van der Waals surface area contributed by atoms with Crippen molar-refractivity contribution in [3.63, 3.8) is 0 Å². The molecule has 3 aromatic carbocycles. The van der Waals surface area contributed by atoms with E-state index in [1.807, 2.05) is 0 Å². The maximum absolute atomic E-state index is 2.71. The van der Waals surface area contributed by atoms with Crippen LogP contribution in [0.2, 0.25) is 0 Å². The average Bonchev–Trinajstić information content (AvgIpc) is 2.73. The Morgan fingerprint density at radius 2 is 1.00 bits per heavy atom. The van der Waals surface area contributed by atoms with Crippen LogP contribution >= 0.6 is 0 Å². The molecule has 0 radical (unpaired) electrons. The van der Waals surface area contributed by atoms with Crippen LogP contribution in [0.1, 0.15) is 47.1 Å². The number of hydrogen-bond acceptors (Lipinski definition) is 1. The van der Waals surface area contributed by atoms with E-state index in [-0.39, 0.29) is 5.54 Å². The predicted octanol–water partition coefficient (Wildman–Crippen LogP) is 6.08. The summed E-state index contributed by atoms with van der Waals surface area (Å²) < 4.78 is 0. The zero-order valence-corrected chi connectivity index (χ0v) is 16.5. The third kappa shape index (κ3) is 3.33. The highest BCUT2D eigenvalue weighted by Crippen LogP contribution is 2.43. The van der Waals surface area contributed by atoms with Crippen LogP contribution in [0, 0.1) is 13.8 Å². The van der Waals surface area contributed by atoms with Gasteiger partial charge in [-0.2, -0.15) is 0 Å². The van der Waals surface area contributed by atoms with Gasteiger partial charge in [0.2, 0.25) is 0 Å². The molecule has 0 atom stereocenters. The normalized spacial score (nSPS) is 15.6. The van der Waals surface area contributed by atoms with E-state index in [4.69, 9.17) is 0 Å². The van der Waals surface area contributed by atoms with Crippen molar-refractivity contribution in [1.29, 1.82) is 0 Å². The Morgan fingerprint density at radius 1 is 0.556 bits per heavy atom. The Balaban J connectivity index is 2.01. The van der Waals surface area contributed by atoms with Crippen molar-refractivity contribution in [2.24, 2.45) is 0 Å². The molecule has 1 aliphatic rings. The summed E-state index contributed by atoms with van der Waals surface area (Å²) in [6.45, 7) is 6.61. The number of hydrogen-bond donors (Lipinski definition) is 0. The second-order valence-corrected chi connectivity index (χ2v) is 7.86. The van der Waals surface area contributed by atoms with Gasteiger partial charge in [0.1, 0.15) is 0 Å². The summed E-state index contributed by atoms with van der Waals surface area (Å²) in [4.78, 5) is 2.71. The molecule has 0 amide bonds. The summed E-state index contributed by atoms with van der Waals surface area (Å²) >= 11 is 0. The Morgan fingerprint density at radius 3 is 1.48 bits per heavy atom. The monoisotopic (exact) mass is 355 g/mol. The van der Waals surface area contributed by atoms with Crippen molar-refractivity contribution in [3.8, 4) is 0 Å². The topological polar surface area (TPSA) is 3.24 Å². The Bertz CT molecular complexity index is 811. The first kappa shape index (κ1) is 18.0. The minimum Gasteiger partial charge on any atom is -0.286 e. The first-order valence-corrected chi connectivity index (χ1v) is 10.2. The van der Waals surface area contributed by atoms with Crippen LogP contribution in [0.25, 0.3) is 0 Å². The first-order chi connectivity index (χ1) is 13.2. The van der Waals surface area contributed by atoms with Gasteiger partial charge in [0.15, 0.2) is 0 Å². The molecule has 0 aliphatic carbocycles. The van der Waals surface area contributed by atoms with Crippen LogP contribution in [0.4, 0.5) is 0 Å². The lowest BCUT2D eigenvalue weighted by Gasteiger charge is -2.47. The van der Waals surface area contributed by atoms with Gasteiger partial charge in [-0.1, -0.05) is 96.4 Å². The second-order valence-electron chi connectivity index (χ2n) is 7.86. The molecule has 0 saturated carbocycles. The molecule has 1 aliphatic heterocycles. The number of likely N-dealkylation sites (tertiary alicyclic amines) is 1. The Hall–Kier alpha value is -2.38. The lowest BCUT2D eigenvalue weighted by molar-refractivity contribution is 0.128. The molecule has 1 heteroatoms. The van der Waals surface area contributed by atoms with Crippen LogP contribution in [0.5, 0.6) is 0 Å². The largest absolute Gasteiger partial charge is 0.286 e. The van der Waals surface area contributed by atoms with Gasteiger partial charge in [0.05, 0.1) is 5.54 Å². The average molecular weight is 356 g/mol. The van der Waals surface area contributed by atoms with Crippen LogP contribution < -0.4 is 0 Å². The van der Waals surface area contributed by atoms with Gasteiger partial charge in [0.25, 0.3) is 0 Å². The fourth-order valence-corrected chi connectivity index (χ4v) is 4.55. The van der Waals surface area contributed by atoms with Gasteiger partial charge in [-0.3, -0.25) is 4.90 Å². The molecular weight excluding hydrogens is 326 g/mol. The van der Waals surface area contributed by atoms with Gasteiger partial charge in [-0.05, 0) is 56.5 Å². The zero-order chi connectivity index (χ0) is 18.7. The van der Waals surface area contributed by atoms with Crippen molar-refractivity contribution in [2.45, 2.75) is 38.6 Å². The number of benzene rings is 3. The van der Waals surface area contributed by atoms with E-state index in [0.717, 1.165) is 13.1 Å². The van der Waals surface area contributed by atoms with Gasteiger partial charge >= 0.3 is 0 Å². The van der Waals surface area contributed by atoms with Crippen molar-refractivity contribution in [3.05, 3.63) is 107 Å². The quantitative estimate of drug-likeness (QED) is 0.513. The van der Waals surface area contributed by atoms with E-state index in [1.165, 1.54) is 47.1 Å². The minimum absolute atomic E-state index is 0.233. The summed E-state index contributed by atoms with van der Waals surface area (Å²) in [5.74, 6) is 0. The lowest BCUT2D eigenvalue weighted by Crippen LogP contribution is -2.50. The van der Waals surface area contributed by atoms with Crippen molar-refractivity contribution in [1.82, 2.24) is 4.90 Å². The summed E-state index contributed by atoms with van der Waals surface area (Å²) in [5.41, 5.74) is 6.48. The third-order valence-electron chi connectivity index (χ3n) is 5.96. The van der Waals surface area contributed by atoms with Crippen molar-refractivity contribution >= 4 is 0 Å². The SMILES string of the molecule is Cc1ccc(C(c2ccccc2)(c2ccc(C)cc2)N2CCCCC2)cc1. The third-order valence-corrected chi connectivity index (χ3v) is 5.96. The maximum Gasteiger partial charge on any atom is 0.0972 e. The van der Waals surface area contributed by atoms with E-state index in [1.54, 1.807) is 0 Å². The highest BCUT2D eigenvalue weighted by molar-refractivity contribution is 5.50. The number of rotatable bonds is 4. The molecule has 3 aromatic rings. The fourth-order valence-electron chi connectivity index (χ4n) is 4.55. The smallest absolute Gasteiger partial charge is 0.0972 e. The highest BCUT2D eigenvalue weighted by Gasteiger charge is 2.42. The Kier molecular flexibility index (Phi) is 5.13. The number of nitrogens with zero attached hydrogens (tertiary/aromatic N) is 1. The van der Waals surface area contributed by atoms with E-state index in [0.29, 0.717) is 0 Å². The second kappa shape index (κ2) is 7.70. The molecule has 4 rings (SSSR count). The van der Waals surface area contributed by atoms with Crippen LogP contribution in [-0.4, -0.2) is 18.0 Å². The summed E-state index contributed by atoms with van der Waals surface area (Å²) in [7, 11) is 0. The minimum atomic E-state index is -0.233. The molecule has 1 saturated heterocycles. The van der Waals surface area contributed by atoms with Crippen molar-refractivity contribution in [2.75, 3.05) is 13.1 Å². The van der Waals surface area contributed by atoms with Crippen LogP contribution in [0.3, 0.4) is 0 Å². The first-order valence-electron chi connectivity index (χ1n) is 10.2. The predicted molar refractivity (Wildman–Crippen MR) is 114 cm³/mol. The molecule has 1 fully saturated rings. The number of piperidine rings is 1. The highest BCUT2D eigenvalue weighted by atomic mass is 15.2. The summed E-state index contributed by atoms with van der Waals surface area (Å²) in [5, 5.41) is 0. The maximum atomic E-state index is 2.71. The molecule has 0 N–H and O–H groups in total. The standard InChI is InChI=1S/C26H29N/c1-21-11-15-24(16-12-21)26(23-9-5-3-6-10-23,27-19-7-4-8-20-27)25-17-13-22(2)14-18-25/h3,5-6,9-18H,4,7-8,19-20H2,1-2H3. The van der Waals surface area contributed by atoms with E-state index in [9.17, 15) is 0 Å². The van der Waals surface area contributed by atoms with Crippen LogP contribution in [0.15, 0.2) is 78.9 Å². The molecule has 27 heavy (non-hydrogen) atoms.